The molecule has 0 saturated carbocycles. The molecule has 1 N–H and O–H groups in total. The number of fused-ring (bicyclic) bond motifs is 2. The monoisotopic (exact) mass is 365 g/mol. The average Bonchev–Trinajstić information content (AvgIpc) is 2.43. The van der Waals surface area contributed by atoms with Crippen molar-refractivity contribution in [1.29, 1.82) is 0 Å². The number of anilines is 1. The number of hydrogen-bond donors (Lipinski definition) is 1. The minimum Gasteiger partial charge on any atom is -0.423 e. The number of hydrogen-bond acceptors (Lipinski definition) is 5. The summed E-state index contributed by atoms with van der Waals surface area (Å²) >= 11 is 0. The van der Waals surface area contributed by atoms with Gasteiger partial charge in [0.15, 0.2) is 0 Å². The number of nitrogens with zero attached hydrogens (tertiary/aromatic N) is 1. The van der Waals surface area contributed by atoms with Gasteiger partial charge in [-0.25, -0.2) is 4.79 Å². The third kappa shape index (κ3) is 3.30. The molecule has 0 radical (unpaired) electrons. The van der Waals surface area contributed by atoms with Gasteiger partial charge in [-0.2, -0.15) is 8.42 Å². The summed E-state index contributed by atoms with van der Waals surface area (Å²) in [5, 5.41) is 0.787. The second-order valence-electron chi connectivity index (χ2n) is 7.36. The second kappa shape index (κ2) is 5.85. The zero-order chi connectivity index (χ0) is 18.6. The largest absolute Gasteiger partial charge is 0.423 e. The fraction of sp³-hybridized carbons (Fsp3) is 0.500. The van der Waals surface area contributed by atoms with Gasteiger partial charge in [0, 0.05) is 41.2 Å². The molecular weight excluding hydrogens is 342 g/mol. The van der Waals surface area contributed by atoms with Crippen molar-refractivity contribution in [3.05, 3.63) is 39.7 Å². The normalized spacial score (nSPS) is 19.9. The Bertz CT molecular complexity index is 990. The Hall–Kier alpha value is -1.86. The van der Waals surface area contributed by atoms with Crippen LogP contribution in [0.4, 0.5) is 5.69 Å². The Morgan fingerprint density at radius 1 is 1.32 bits per heavy atom. The standard InChI is InChI=1S/C18H23NO5S/c1-5-19-15-8-16-13(11(2)6-17(20)24-16)7-14(15)12(9-18(19,3)4)10-25(21,22)23/h6-8,12H,5,9-10H2,1-4H3,(H,21,22,23). The highest BCUT2D eigenvalue weighted by atomic mass is 32.2. The van der Waals surface area contributed by atoms with E-state index in [1.54, 1.807) is 0 Å². The van der Waals surface area contributed by atoms with Crippen LogP contribution in [0.1, 0.15) is 44.2 Å². The van der Waals surface area contributed by atoms with Crippen LogP contribution in [0.2, 0.25) is 0 Å². The lowest BCUT2D eigenvalue weighted by Gasteiger charge is -2.47. The molecule has 0 spiro atoms. The van der Waals surface area contributed by atoms with Crippen molar-refractivity contribution in [2.75, 3.05) is 17.2 Å². The van der Waals surface area contributed by atoms with Crippen LogP contribution in [-0.4, -0.2) is 30.8 Å². The van der Waals surface area contributed by atoms with Gasteiger partial charge in [0.25, 0.3) is 10.1 Å². The fourth-order valence-electron chi connectivity index (χ4n) is 4.08. The van der Waals surface area contributed by atoms with Crippen LogP contribution < -0.4 is 10.5 Å². The number of rotatable bonds is 3. The zero-order valence-electron chi connectivity index (χ0n) is 14.9. The van der Waals surface area contributed by atoms with Crippen molar-refractivity contribution in [1.82, 2.24) is 0 Å². The predicted octanol–water partition coefficient (Wildman–Crippen LogP) is 3.08. The van der Waals surface area contributed by atoms with E-state index in [9.17, 15) is 17.8 Å². The van der Waals surface area contributed by atoms with Crippen LogP contribution in [0.15, 0.2) is 27.4 Å². The van der Waals surface area contributed by atoms with Gasteiger partial charge in [0.2, 0.25) is 0 Å². The Labute approximate surface area is 147 Å². The maximum Gasteiger partial charge on any atom is 0.336 e. The molecule has 25 heavy (non-hydrogen) atoms. The first-order chi connectivity index (χ1) is 11.5. The molecule has 0 bridgehead atoms. The van der Waals surface area contributed by atoms with Crippen molar-refractivity contribution in [2.45, 2.75) is 45.6 Å². The summed E-state index contributed by atoms with van der Waals surface area (Å²) in [5.74, 6) is -0.638. The first-order valence-corrected chi connectivity index (χ1v) is 9.94. The summed E-state index contributed by atoms with van der Waals surface area (Å²) in [4.78, 5) is 13.9. The number of aryl methyl sites for hydroxylation is 1. The molecule has 0 aliphatic carbocycles. The molecule has 0 amide bonds. The van der Waals surface area contributed by atoms with Gasteiger partial charge in [-0.05, 0) is 51.3 Å². The Morgan fingerprint density at radius 3 is 2.60 bits per heavy atom. The van der Waals surface area contributed by atoms with Gasteiger partial charge < -0.3 is 9.32 Å². The summed E-state index contributed by atoms with van der Waals surface area (Å²) in [6.45, 7) is 8.69. The molecule has 2 heterocycles. The summed E-state index contributed by atoms with van der Waals surface area (Å²) < 4.78 is 37.8. The molecule has 1 aliphatic heterocycles. The third-order valence-electron chi connectivity index (χ3n) is 5.03. The van der Waals surface area contributed by atoms with E-state index in [1.165, 1.54) is 6.07 Å². The summed E-state index contributed by atoms with van der Waals surface area (Å²) in [6.07, 6.45) is 0.606. The van der Waals surface area contributed by atoms with Gasteiger partial charge in [-0.15, -0.1) is 0 Å². The van der Waals surface area contributed by atoms with Crippen molar-refractivity contribution in [3.8, 4) is 0 Å². The van der Waals surface area contributed by atoms with Gasteiger partial charge in [0.05, 0.1) is 5.75 Å². The van der Waals surface area contributed by atoms with Crippen LogP contribution in [0.3, 0.4) is 0 Å². The summed E-state index contributed by atoms with van der Waals surface area (Å²) in [5.41, 5.74) is 2.31. The van der Waals surface area contributed by atoms with E-state index in [4.69, 9.17) is 4.42 Å². The second-order valence-corrected chi connectivity index (χ2v) is 8.86. The quantitative estimate of drug-likeness (QED) is 0.664. The lowest BCUT2D eigenvalue weighted by Crippen LogP contribution is -2.49. The maximum absolute atomic E-state index is 11.7. The predicted molar refractivity (Wildman–Crippen MR) is 98.1 cm³/mol. The van der Waals surface area contributed by atoms with Crippen LogP contribution in [0.25, 0.3) is 11.0 Å². The summed E-state index contributed by atoms with van der Waals surface area (Å²) in [7, 11) is -4.10. The molecule has 1 aromatic carbocycles. The van der Waals surface area contributed by atoms with Gasteiger partial charge >= 0.3 is 5.63 Å². The van der Waals surface area contributed by atoms with Crippen LogP contribution >= 0.6 is 0 Å². The molecule has 1 unspecified atom stereocenters. The topological polar surface area (TPSA) is 87.8 Å². The molecule has 0 fully saturated rings. The smallest absolute Gasteiger partial charge is 0.336 e. The highest BCUT2D eigenvalue weighted by Crippen LogP contribution is 2.45. The van der Waals surface area contributed by atoms with Crippen molar-refractivity contribution in [3.63, 3.8) is 0 Å². The molecule has 3 rings (SSSR count). The van der Waals surface area contributed by atoms with Crippen LogP contribution in [0.5, 0.6) is 0 Å². The van der Waals surface area contributed by atoms with Crippen LogP contribution in [0, 0.1) is 6.92 Å². The maximum atomic E-state index is 11.7. The lowest BCUT2D eigenvalue weighted by atomic mass is 9.79. The van der Waals surface area contributed by atoms with E-state index in [1.807, 2.05) is 39.8 Å². The van der Waals surface area contributed by atoms with Gasteiger partial charge in [-0.1, -0.05) is 0 Å². The van der Waals surface area contributed by atoms with Crippen molar-refractivity contribution >= 4 is 26.8 Å². The van der Waals surface area contributed by atoms with Crippen molar-refractivity contribution in [2.24, 2.45) is 0 Å². The lowest BCUT2D eigenvalue weighted by molar-refractivity contribution is 0.377. The molecule has 1 atom stereocenters. The molecule has 1 aliphatic rings. The molecule has 6 nitrogen and oxygen atoms in total. The van der Waals surface area contributed by atoms with E-state index in [2.05, 4.69) is 4.90 Å². The van der Waals surface area contributed by atoms with E-state index in [0.717, 1.165) is 28.7 Å². The molecule has 1 aromatic heterocycles. The first kappa shape index (κ1) is 17.9. The molecule has 136 valence electrons. The molecule has 7 heteroatoms. The van der Waals surface area contributed by atoms with E-state index in [-0.39, 0.29) is 17.2 Å². The Morgan fingerprint density at radius 2 is 2.00 bits per heavy atom. The Kier molecular flexibility index (Phi) is 4.20. The van der Waals surface area contributed by atoms with Gasteiger partial charge in [-0.3, -0.25) is 4.55 Å². The minimum atomic E-state index is -4.10. The van der Waals surface area contributed by atoms with Crippen molar-refractivity contribution < 1.29 is 17.4 Å². The highest BCUT2D eigenvalue weighted by Gasteiger charge is 2.39. The minimum absolute atomic E-state index is 0.283. The molecular formula is C18H23NO5S. The van der Waals surface area contributed by atoms with Crippen LogP contribution in [-0.2, 0) is 10.1 Å². The molecule has 2 aromatic rings. The average molecular weight is 365 g/mol. The van der Waals surface area contributed by atoms with E-state index < -0.39 is 15.7 Å². The number of benzene rings is 1. The van der Waals surface area contributed by atoms with E-state index in [0.29, 0.717) is 12.0 Å². The Balaban J connectivity index is 2.30. The third-order valence-corrected chi connectivity index (χ3v) is 5.86. The first-order valence-electron chi connectivity index (χ1n) is 8.33. The zero-order valence-corrected chi connectivity index (χ0v) is 15.7. The van der Waals surface area contributed by atoms with E-state index >= 15 is 0 Å². The summed E-state index contributed by atoms with van der Waals surface area (Å²) in [6, 6.07) is 5.15. The molecule has 0 saturated heterocycles. The van der Waals surface area contributed by atoms with Gasteiger partial charge in [0.1, 0.15) is 5.58 Å². The fourth-order valence-corrected chi connectivity index (χ4v) is 4.89. The highest BCUT2D eigenvalue weighted by molar-refractivity contribution is 7.85. The SMILES string of the molecule is CCN1c2cc3oc(=O)cc(C)c3cc2C(CS(=O)(=O)O)CC1(C)C.